The van der Waals surface area contributed by atoms with Gasteiger partial charge >= 0.3 is 0 Å². The minimum absolute atomic E-state index is 0.114. The van der Waals surface area contributed by atoms with Crippen molar-refractivity contribution in [3.05, 3.63) is 63.6 Å². The molecule has 0 aliphatic rings. The summed E-state index contributed by atoms with van der Waals surface area (Å²) in [6.45, 7) is 0.475. The van der Waals surface area contributed by atoms with Crippen LogP contribution < -0.4 is 10.5 Å². The monoisotopic (exact) mass is 375 g/mol. The van der Waals surface area contributed by atoms with Gasteiger partial charge in [0.05, 0.1) is 13.7 Å². The van der Waals surface area contributed by atoms with E-state index in [1.807, 2.05) is 12.1 Å². The van der Waals surface area contributed by atoms with Gasteiger partial charge in [0.2, 0.25) is 0 Å². The lowest BCUT2D eigenvalue weighted by Gasteiger charge is -2.10. The van der Waals surface area contributed by atoms with Crippen molar-refractivity contribution in [2.24, 2.45) is 0 Å². The number of halogens is 1. The molecule has 0 heterocycles. The molecular weight excluding hydrogens is 358 g/mol. The van der Waals surface area contributed by atoms with Crippen molar-refractivity contribution in [2.45, 2.75) is 6.61 Å². The number of carbonyl (C=O) groups excluding carboxylic acids is 1. The van der Waals surface area contributed by atoms with Crippen LogP contribution in [0.2, 0.25) is 0 Å². The van der Waals surface area contributed by atoms with Crippen LogP contribution in [0.15, 0.2) is 46.9 Å². The first-order valence-corrected chi connectivity index (χ1v) is 7.77. The summed E-state index contributed by atoms with van der Waals surface area (Å²) in [4.78, 5) is 12.2. The molecule has 0 aliphatic heterocycles. The van der Waals surface area contributed by atoms with Crippen molar-refractivity contribution in [1.82, 2.24) is 0 Å². The molecule has 0 radical (unpaired) electrons. The fourth-order valence-corrected chi connectivity index (χ4v) is 2.61. The van der Waals surface area contributed by atoms with Gasteiger partial charge in [-0.3, -0.25) is 4.79 Å². The molecule has 23 heavy (non-hydrogen) atoms. The highest BCUT2D eigenvalue weighted by Crippen LogP contribution is 2.29. The number of nitrogens with two attached hydrogens (primary N) is 1. The Labute approximate surface area is 144 Å². The zero-order valence-electron chi connectivity index (χ0n) is 13.0. The summed E-state index contributed by atoms with van der Waals surface area (Å²) in [5.74, 6) is 0.563. The number of nitrogen functional groups attached to an aromatic ring is 1. The van der Waals surface area contributed by atoms with E-state index in [0.29, 0.717) is 23.6 Å². The van der Waals surface area contributed by atoms with Crippen LogP contribution in [0.1, 0.15) is 21.5 Å². The van der Waals surface area contributed by atoms with Crippen LogP contribution in [-0.2, 0) is 11.3 Å². The Kier molecular flexibility index (Phi) is 5.96. The molecule has 5 heteroatoms. The van der Waals surface area contributed by atoms with Crippen LogP contribution in [0.5, 0.6) is 5.75 Å². The van der Waals surface area contributed by atoms with E-state index < -0.39 is 0 Å². The van der Waals surface area contributed by atoms with Gasteiger partial charge in [0.1, 0.15) is 5.75 Å². The molecule has 4 nitrogen and oxygen atoms in total. The summed E-state index contributed by atoms with van der Waals surface area (Å²) >= 11 is 3.50. The number of ether oxygens (including phenoxy) is 2. The molecule has 0 saturated heterocycles. The maximum atomic E-state index is 12.2. The molecule has 0 saturated carbocycles. The lowest BCUT2D eigenvalue weighted by atomic mass is 10.1. The van der Waals surface area contributed by atoms with Gasteiger partial charge in [0, 0.05) is 28.4 Å². The number of allylic oxidation sites excluding steroid dienone is 1. The molecule has 2 aromatic carbocycles. The van der Waals surface area contributed by atoms with Crippen molar-refractivity contribution in [3.63, 3.8) is 0 Å². The van der Waals surface area contributed by atoms with Crippen LogP contribution >= 0.6 is 15.9 Å². The van der Waals surface area contributed by atoms with Crippen molar-refractivity contribution in [1.29, 1.82) is 0 Å². The van der Waals surface area contributed by atoms with Crippen molar-refractivity contribution in [2.75, 3.05) is 20.0 Å². The fraction of sp³-hybridized carbons (Fsp3) is 0.167. The normalized spacial score (nSPS) is 10.9. The zero-order chi connectivity index (χ0) is 16.8. The highest BCUT2D eigenvalue weighted by atomic mass is 79.9. The summed E-state index contributed by atoms with van der Waals surface area (Å²) < 4.78 is 11.4. The fourth-order valence-electron chi connectivity index (χ4n) is 2.14. The molecule has 2 N–H and O–H groups in total. The Hall–Kier alpha value is -2.11. The first-order valence-electron chi connectivity index (χ1n) is 6.98. The maximum absolute atomic E-state index is 12.2. The third-order valence-electron chi connectivity index (χ3n) is 3.28. The topological polar surface area (TPSA) is 61.5 Å². The van der Waals surface area contributed by atoms with Crippen molar-refractivity contribution < 1.29 is 14.3 Å². The van der Waals surface area contributed by atoms with E-state index in [4.69, 9.17) is 15.2 Å². The Morgan fingerprint density at radius 3 is 2.70 bits per heavy atom. The maximum Gasteiger partial charge on any atom is 0.185 e. The molecule has 0 unspecified atom stereocenters. The molecule has 0 atom stereocenters. The van der Waals surface area contributed by atoms with Gasteiger partial charge in [-0.05, 0) is 42.0 Å². The molecular formula is C18H18BrNO3. The van der Waals surface area contributed by atoms with Gasteiger partial charge in [-0.2, -0.15) is 0 Å². The van der Waals surface area contributed by atoms with E-state index >= 15 is 0 Å². The second-order valence-corrected chi connectivity index (χ2v) is 5.80. The van der Waals surface area contributed by atoms with E-state index in [2.05, 4.69) is 15.9 Å². The van der Waals surface area contributed by atoms with Crippen LogP contribution in [0.3, 0.4) is 0 Å². The van der Waals surface area contributed by atoms with Crippen LogP contribution in [0.4, 0.5) is 5.69 Å². The number of hydrogen-bond donors (Lipinski definition) is 1. The minimum Gasteiger partial charge on any atom is -0.496 e. The number of benzene rings is 2. The summed E-state index contributed by atoms with van der Waals surface area (Å²) in [5.41, 5.74) is 8.59. The van der Waals surface area contributed by atoms with Crippen molar-refractivity contribution >= 4 is 33.5 Å². The highest BCUT2D eigenvalue weighted by Gasteiger charge is 2.08. The molecule has 0 spiro atoms. The SMILES string of the molecule is COCc1cc(OC)c(/C=C/C(=O)c2cccc(N)c2)cc1Br. The molecule has 2 rings (SSSR count). The number of hydrogen-bond acceptors (Lipinski definition) is 4. The second kappa shape index (κ2) is 7.94. The van der Waals surface area contributed by atoms with Crippen molar-refractivity contribution in [3.8, 4) is 5.75 Å². The predicted molar refractivity (Wildman–Crippen MR) is 95.6 cm³/mol. The lowest BCUT2D eigenvalue weighted by molar-refractivity contribution is 0.104. The highest BCUT2D eigenvalue weighted by molar-refractivity contribution is 9.10. The van der Waals surface area contributed by atoms with Gasteiger partial charge in [-0.25, -0.2) is 0 Å². The molecule has 0 aliphatic carbocycles. The molecule has 0 amide bonds. The lowest BCUT2D eigenvalue weighted by Crippen LogP contribution is -1.97. The summed E-state index contributed by atoms with van der Waals surface area (Å²) in [6.07, 6.45) is 3.24. The van der Waals surface area contributed by atoms with Gasteiger partial charge in [-0.1, -0.05) is 28.1 Å². The van der Waals surface area contributed by atoms with E-state index in [9.17, 15) is 4.79 Å². The molecule has 120 valence electrons. The summed E-state index contributed by atoms with van der Waals surface area (Å²) in [6, 6.07) is 10.7. The Morgan fingerprint density at radius 1 is 1.26 bits per heavy atom. The number of anilines is 1. The van der Waals surface area contributed by atoms with Gasteiger partial charge < -0.3 is 15.2 Å². The average Bonchev–Trinajstić information content (AvgIpc) is 2.54. The first kappa shape index (κ1) is 17.2. The Bertz CT molecular complexity index is 741. The number of ketones is 1. The van der Waals surface area contributed by atoms with E-state index in [1.54, 1.807) is 44.6 Å². The minimum atomic E-state index is -0.114. The smallest absolute Gasteiger partial charge is 0.185 e. The number of methoxy groups -OCH3 is 2. The predicted octanol–water partition coefficient (Wildman–Crippen LogP) is 4.08. The van der Waals surface area contributed by atoms with E-state index in [-0.39, 0.29) is 5.78 Å². The Balaban J connectivity index is 2.28. The van der Waals surface area contributed by atoms with Crippen LogP contribution in [0, 0.1) is 0 Å². The Morgan fingerprint density at radius 2 is 2.04 bits per heavy atom. The molecule has 2 aromatic rings. The van der Waals surface area contributed by atoms with Crippen LogP contribution in [-0.4, -0.2) is 20.0 Å². The third kappa shape index (κ3) is 4.43. The number of rotatable bonds is 6. The summed E-state index contributed by atoms with van der Waals surface area (Å²) in [5, 5.41) is 0. The van der Waals surface area contributed by atoms with Gasteiger partial charge in [0.25, 0.3) is 0 Å². The van der Waals surface area contributed by atoms with E-state index in [1.165, 1.54) is 6.08 Å². The quantitative estimate of drug-likeness (QED) is 0.469. The largest absolute Gasteiger partial charge is 0.496 e. The average molecular weight is 376 g/mol. The zero-order valence-corrected chi connectivity index (χ0v) is 14.6. The molecule has 0 bridgehead atoms. The molecule has 0 aromatic heterocycles. The number of carbonyl (C=O) groups is 1. The summed E-state index contributed by atoms with van der Waals surface area (Å²) in [7, 11) is 3.23. The standard InChI is InChI=1S/C18H18BrNO3/c1-22-11-14-10-18(23-2)13(9-16(14)19)6-7-17(21)12-4-3-5-15(20)8-12/h3-10H,11,20H2,1-2H3/b7-6+. The van der Waals surface area contributed by atoms with Crippen LogP contribution in [0.25, 0.3) is 6.08 Å². The second-order valence-electron chi connectivity index (χ2n) is 4.94. The van der Waals surface area contributed by atoms with Gasteiger partial charge in [0.15, 0.2) is 5.78 Å². The molecule has 0 fully saturated rings. The first-order chi connectivity index (χ1) is 11.0. The third-order valence-corrected chi connectivity index (χ3v) is 4.02. The van der Waals surface area contributed by atoms with E-state index in [0.717, 1.165) is 15.6 Å². The van der Waals surface area contributed by atoms with Gasteiger partial charge in [-0.15, -0.1) is 0 Å².